The number of ether oxygens (including phenoxy) is 2. The highest BCUT2D eigenvalue weighted by atomic mass is 16.6. The number of anilines is 1. The molecule has 1 heterocycles. The molecular weight excluding hydrogens is 554 g/mol. The van der Waals surface area contributed by atoms with Gasteiger partial charge >= 0.3 is 12.1 Å². The fourth-order valence-corrected chi connectivity index (χ4v) is 3.95. The maximum absolute atomic E-state index is 13.4. The van der Waals surface area contributed by atoms with Crippen LogP contribution in [0.3, 0.4) is 0 Å². The fourth-order valence-electron chi connectivity index (χ4n) is 3.95. The number of rotatable bonds is 12. The number of alkyl carbamates (subject to hydrolysis) is 1. The molecule has 4 N–H and O–H groups in total. The molecule has 2 unspecified atom stereocenters. The summed E-state index contributed by atoms with van der Waals surface area (Å²) in [6.07, 6.45) is 1.91. The van der Waals surface area contributed by atoms with E-state index in [9.17, 15) is 24.3 Å². The molecule has 0 saturated carbocycles. The van der Waals surface area contributed by atoms with Crippen LogP contribution < -0.4 is 16.0 Å². The van der Waals surface area contributed by atoms with Crippen LogP contribution in [0.15, 0.2) is 67.1 Å². The van der Waals surface area contributed by atoms with Gasteiger partial charge in [0.2, 0.25) is 5.91 Å². The molecular formula is C31H39N5O7. The molecule has 12 heteroatoms. The van der Waals surface area contributed by atoms with Gasteiger partial charge in [-0.05, 0) is 52.7 Å². The van der Waals surface area contributed by atoms with Crippen LogP contribution in [0.25, 0.3) is 0 Å². The molecule has 0 saturated heterocycles. The van der Waals surface area contributed by atoms with Crippen molar-refractivity contribution in [1.82, 2.24) is 20.2 Å². The monoisotopic (exact) mass is 593 g/mol. The van der Waals surface area contributed by atoms with Crippen LogP contribution in [0.4, 0.5) is 10.6 Å². The quantitative estimate of drug-likeness (QED) is 0.247. The van der Waals surface area contributed by atoms with Crippen LogP contribution in [0.5, 0.6) is 0 Å². The Morgan fingerprint density at radius 3 is 2.23 bits per heavy atom. The molecule has 0 radical (unpaired) electrons. The Balaban J connectivity index is 1.75. The van der Waals surface area contributed by atoms with E-state index in [1.807, 2.05) is 49.4 Å². The molecule has 43 heavy (non-hydrogen) atoms. The Bertz CT molecular complexity index is 1410. The number of aliphatic carboxylic acids is 1. The number of imidazole rings is 1. The summed E-state index contributed by atoms with van der Waals surface area (Å²) >= 11 is 0. The number of carbonyl (C=O) groups is 4. The van der Waals surface area contributed by atoms with Gasteiger partial charge in [-0.2, -0.15) is 0 Å². The lowest BCUT2D eigenvalue weighted by Crippen LogP contribution is -2.59. The van der Waals surface area contributed by atoms with Crippen LogP contribution in [0.1, 0.15) is 57.4 Å². The number of aromatic nitrogens is 2. The minimum absolute atomic E-state index is 0.0804. The molecule has 0 aliphatic heterocycles. The van der Waals surface area contributed by atoms with Crippen molar-refractivity contribution in [3.8, 4) is 0 Å². The summed E-state index contributed by atoms with van der Waals surface area (Å²) < 4.78 is 12.4. The molecule has 0 aliphatic carbocycles. The molecule has 0 spiro atoms. The van der Waals surface area contributed by atoms with E-state index in [2.05, 4.69) is 20.9 Å². The maximum atomic E-state index is 13.4. The van der Waals surface area contributed by atoms with E-state index in [4.69, 9.17) is 9.47 Å². The van der Waals surface area contributed by atoms with Crippen molar-refractivity contribution in [1.29, 1.82) is 0 Å². The number of benzene rings is 2. The van der Waals surface area contributed by atoms with Crippen LogP contribution >= 0.6 is 0 Å². The number of aryl methyl sites for hydroxylation is 1. The van der Waals surface area contributed by atoms with E-state index < -0.39 is 47.1 Å². The van der Waals surface area contributed by atoms with Crippen molar-refractivity contribution in [3.63, 3.8) is 0 Å². The number of amides is 3. The van der Waals surface area contributed by atoms with Crippen LogP contribution in [-0.2, 0) is 30.5 Å². The Hall–Kier alpha value is -4.71. The topological polar surface area (TPSA) is 161 Å². The molecule has 1 aromatic heterocycles. The summed E-state index contributed by atoms with van der Waals surface area (Å²) in [5.74, 6) is -2.32. The predicted molar refractivity (Wildman–Crippen MR) is 159 cm³/mol. The normalized spacial score (nSPS) is 13.0. The van der Waals surface area contributed by atoms with Crippen LogP contribution in [0.2, 0.25) is 0 Å². The van der Waals surface area contributed by atoms with Gasteiger partial charge in [-0.15, -0.1) is 0 Å². The number of hydrogen-bond acceptors (Lipinski definition) is 7. The second-order valence-electron chi connectivity index (χ2n) is 11.6. The van der Waals surface area contributed by atoms with Crippen LogP contribution in [-0.4, -0.2) is 62.3 Å². The molecule has 2 atom stereocenters. The van der Waals surface area contributed by atoms with Crippen molar-refractivity contribution in [2.24, 2.45) is 0 Å². The van der Waals surface area contributed by atoms with Crippen molar-refractivity contribution < 1.29 is 33.8 Å². The molecule has 3 amide bonds. The number of carboxylic acids is 1. The van der Waals surface area contributed by atoms with Gasteiger partial charge in [-0.3, -0.25) is 9.59 Å². The van der Waals surface area contributed by atoms with Gasteiger partial charge in [0.15, 0.2) is 11.9 Å². The summed E-state index contributed by atoms with van der Waals surface area (Å²) in [5, 5.41) is 17.7. The largest absolute Gasteiger partial charge is 0.479 e. The maximum Gasteiger partial charge on any atom is 0.408 e. The second kappa shape index (κ2) is 14.0. The summed E-state index contributed by atoms with van der Waals surface area (Å²) in [6, 6.07) is 14.1. The predicted octanol–water partition coefficient (Wildman–Crippen LogP) is 3.81. The molecule has 3 rings (SSSR count). The highest BCUT2D eigenvalue weighted by Crippen LogP contribution is 2.21. The van der Waals surface area contributed by atoms with Crippen molar-refractivity contribution in [2.75, 3.05) is 11.9 Å². The molecule has 12 nitrogen and oxygen atoms in total. The minimum Gasteiger partial charge on any atom is -0.479 e. The standard InChI is InChI=1S/C31H39N5O7/c1-20-12-14-22(15-13-20)25(27(38)39)36-16-24(32-19-36)34-26(37)23(18-42-17-21-10-8-7-9-11-21)33-28(40)31(5,6)35-29(41)43-30(2,3)4/h7-16,19,23,25H,17-18H2,1-6H3,(H,33,40)(H,34,37)(H,35,41)(H,38,39). The average Bonchev–Trinajstić information content (AvgIpc) is 3.35. The average molecular weight is 594 g/mol. The van der Waals surface area contributed by atoms with Gasteiger partial charge in [-0.25, -0.2) is 14.6 Å². The van der Waals surface area contributed by atoms with Crippen molar-refractivity contribution >= 4 is 29.7 Å². The van der Waals surface area contributed by atoms with E-state index in [1.54, 1.807) is 32.9 Å². The van der Waals surface area contributed by atoms with Gasteiger partial charge in [-0.1, -0.05) is 60.2 Å². The van der Waals surface area contributed by atoms with Crippen molar-refractivity contribution in [2.45, 2.75) is 71.4 Å². The van der Waals surface area contributed by atoms with E-state index in [1.165, 1.54) is 30.9 Å². The van der Waals surface area contributed by atoms with Crippen LogP contribution in [0, 0.1) is 6.92 Å². The van der Waals surface area contributed by atoms with Gasteiger partial charge < -0.3 is 35.1 Å². The summed E-state index contributed by atoms with van der Waals surface area (Å²) in [5.41, 5.74) is 0.179. The van der Waals surface area contributed by atoms with E-state index in [-0.39, 0.29) is 19.0 Å². The summed E-state index contributed by atoms with van der Waals surface area (Å²) in [7, 11) is 0. The molecule has 2 aromatic carbocycles. The third-order valence-electron chi connectivity index (χ3n) is 6.18. The first-order valence-electron chi connectivity index (χ1n) is 13.7. The molecule has 0 fully saturated rings. The smallest absolute Gasteiger partial charge is 0.408 e. The van der Waals surface area contributed by atoms with Gasteiger partial charge in [0, 0.05) is 6.20 Å². The van der Waals surface area contributed by atoms with Crippen molar-refractivity contribution in [3.05, 3.63) is 83.8 Å². The summed E-state index contributed by atoms with van der Waals surface area (Å²) in [6.45, 7) is 9.94. The second-order valence-corrected chi connectivity index (χ2v) is 11.6. The van der Waals surface area contributed by atoms with E-state index in [0.717, 1.165) is 11.1 Å². The van der Waals surface area contributed by atoms with Gasteiger partial charge in [0.25, 0.3) is 5.91 Å². The fraction of sp³-hybridized carbons (Fsp3) is 0.387. The number of nitrogens with one attached hydrogen (secondary N) is 3. The zero-order valence-corrected chi connectivity index (χ0v) is 25.2. The lowest BCUT2D eigenvalue weighted by atomic mass is 10.0. The zero-order chi connectivity index (χ0) is 31.8. The Kier molecular flexibility index (Phi) is 10.7. The summed E-state index contributed by atoms with van der Waals surface area (Å²) in [4.78, 5) is 55.1. The number of hydrogen-bond donors (Lipinski definition) is 4. The molecule has 0 aliphatic rings. The molecule has 230 valence electrons. The lowest BCUT2D eigenvalue weighted by Gasteiger charge is -2.29. The van der Waals surface area contributed by atoms with E-state index in [0.29, 0.717) is 5.56 Å². The van der Waals surface area contributed by atoms with Gasteiger partial charge in [0.05, 0.1) is 19.5 Å². The zero-order valence-electron chi connectivity index (χ0n) is 25.2. The van der Waals surface area contributed by atoms with E-state index >= 15 is 0 Å². The highest BCUT2D eigenvalue weighted by Gasteiger charge is 2.35. The first kappa shape index (κ1) is 32.8. The Morgan fingerprint density at radius 1 is 0.977 bits per heavy atom. The lowest BCUT2D eigenvalue weighted by molar-refractivity contribution is -0.139. The number of carbonyl (C=O) groups excluding carboxylic acids is 3. The number of carboxylic acid groups (broad SMARTS) is 1. The third kappa shape index (κ3) is 9.96. The number of nitrogens with zero attached hydrogens (tertiary/aromatic N) is 2. The molecule has 0 bridgehead atoms. The SMILES string of the molecule is Cc1ccc(C(C(=O)O)n2cnc(NC(=O)C(COCc3ccccc3)NC(=O)C(C)(C)NC(=O)OC(C)(C)C)c2)cc1. The Labute approximate surface area is 250 Å². The minimum atomic E-state index is -1.44. The first-order chi connectivity index (χ1) is 20.1. The van der Waals surface area contributed by atoms with Gasteiger partial charge in [0.1, 0.15) is 17.2 Å². The Morgan fingerprint density at radius 2 is 1.63 bits per heavy atom. The third-order valence-corrected chi connectivity index (χ3v) is 6.18. The highest BCUT2D eigenvalue weighted by molar-refractivity contribution is 5.98. The molecule has 3 aromatic rings. The first-order valence-corrected chi connectivity index (χ1v) is 13.7.